The minimum atomic E-state index is -0.349. The van der Waals surface area contributed by atoms with Crippen LogP contribution in [0.1, 0.15) is 25.7 Å². The van der Waals surface area contributed by atoms with Crippen molar-refractivity contribution in [2.75, 3.05) is 37.9 Å². The molecule has 4 rings (SSSR count). The minimum absolute atomic E-state index is 0.129. The molecular formula is C24H28ClN7O4. The highest BCUT2D eigenvalue weighted by atomic mass is 35.5. The summed E-state index contributed by atoms with van der Waals surface area (Å²) in [6, 6.07) is 7.21. The van der Waals surface area contributed by atoms with Gasteiger partial charge in [-0.25, -0.2) is 19.9 Å². The number of carbonyl (C=O) groups excluding carboxylic acids is 2. The molecule has 1 aliphatic heterocycles. The molecular weight excluding hydrogens is 486 g/mol. The number of benzene rings is 1. The predicted octanol–water partition coefficient (Wildman–Crippen LogP) is 3.19. The highest BCUT2D eigenvalue weighted by Crippen LogP contribution is 2.25. The standard InChI is InChI=1S/C24H28ClN7O4/c1-35-20(33)11-18(12-21(34)36-2)32-8-6-16(7-9-32)30-24-26-13-19-22(31-24)23(28-14-27-19)29-17-5-3-4-15(25)10-17/h3-5,10,13-14,16,18H,6-9,11-12H2,1-2H3,(H,26,30,31)(H,27,28,29). The van der Waals surface area contributed by atoms with Gasteiger partial charge in [0.25, 0.3) is 0 Å². The van der Waals surface area contributed by atoms with Crippen LogP contribution in [0.2, 0.25) is 5.02 Å². The normalized spacial score (nSPS) is 14.6. The third-order valence-corrected chi connectivity index (χ3v) is 6.34. The third-order valence-electron chi connectivity index (χ3n) is 6.10. The summed E-state index contributed by atoms with van der Waals surface area (Å²) in [5.74, 6) is 0.331. The molecule has 190 valence electrons. The van der Waals surface area contributed by atoms with Crippen molar-refractivity contribution in [3.8, 4) is 0 Å². The molecule has 36 heavy (non-hydrogen) atoms. The number of aromatic nitrogens is 4. The van der Waals surface area contributed by atoms with E-state index in [1.165, 1.54) is 20.5 Å². The second-order valence-electron chi connectivity index (χ2n) is 8.45. The van der Waals surface area contributed by atoms with Gasteiger partial charge in [0.05, 0.1) is 33.3 Å². The second-order valence-corrected chi connectivity index (χ2v) is 8.89. The Morgan fingerprint density at radius 1 is 1.11 bits per heavy atom. The van der Waals surface area contributed by atoms with Crippen LogP contribution in [0, 0.1) is 0 Å². The van der Waals surface area contributed by atoms with Crippen molar-refractivity contribution in [3.63, 3.8) is 0 Å². The van der Waals surface area contributed by atoms with E-state index in [4.69, 9.17) is 21.1 Å². The van der Waals surface area contributed by atoms with Crippen LogP contribution in [-0.4, -0.2) is 76.2 Å². The lowest BCUT2D eigenvalue weighted by Gasteiger charge is -2.37. The molecule has 1 aromatic carbocycles. The van der Waals surface area contributed by atoms with Crippen molar-refractivity contribution in [1.29, 1.82) is 0 Å². The average Bonchev–Trinajstić information content (AvgIpc) is 2.89. The Kier molecular flexibility index (Phi) is 8.44. The maximum atomic E-state index is 11.9. The van der Waals surface area contributed by atoms with Gasteiger partial charge in [0.1, 0.15) is 17.4 Å². The first-order valence-electron chi connectivity index (χ1n) is 11.6. The summed E-state index contributed by atoms with van der Waals surface area (Å²) >= 11 is 6.10. The fourth-order valence-corrected chi connectivity index (χ4v) is 4.38. The highest BCUT2D eigenvalue weighted by Gasteiger charge is 2.29. The molecule has 0 atom stereocenters. The zero-order valence-electron chi connectivity index (χ0n) is 20.1. The lowest BCUT2D eigenvalue weighted by Crippen LogP contribution is -2.46. The molecule has 2 aromatic heterocycles. The predicted molar refractivity (Wildman–Crippen MR) is 135 cm³/mol. The van der Waals surface area contributed by atoms with E-state index < -0.39 is 0 Å². The van der Waals surface area contributed by atoms with E-state index in [2.05, 4.69) is 35.5 Å². The first kappa shape index (κ1) is 25.5. The van der Waals surface area contributed by atoms with Crippen LogP contribution in [0.3, 0.4) is 0 Å². The van der Waals surface area contributed by atoms with E-state index in [1.807, 2.05) is 12.1 Å². The summed E-state index contributed by atoms with van der Waals surface area (Å²) in [5, 5.41) is 7.25. The Bertz CT molecular complexity index is 1200. The molecule has 1 aliphatic rings. The van der Waals surface area contributed by atoms with Crippen LogP contribution in [0.5, 0.6) is 0 Å². The minimum Gasteiger partial charge on any atom is -0.469 e. The van der Waals surface area contributed by atoms with Gasteiger partial charge in [-0.1, -0.05) is 17.7 Å². The summed E-state index contributed by atoms with van der Waals surface area (Å²) in [5.41, 5.74) is 1.99. The summed E-state index contributed by atoms with van der Waals surface area (Å²) < 4.78 is 9.61. The molecule has 1 saturated heterocycles. The average molecular weight is 514 g/mol. The Labute approximate surface area is 213 Å². The van der Waals surface area contributed by atoms with Gasteiger partial charge in [0.2, 0.25) is 5.95 Å². The summed E-state index contributed by atoms with van der Waals surface area (Å²) in [6.07, 6.45) is 4.98. The number of rotatable bonds is 9. The van der Waals surface area contributed by atoms with Crippen molar-refractivity contribution in [3.05, 3.63) is 41.8 Å². The lowest BCUT2D eigenvalue weighted by molar-refractivity contribution is -0.145. The number of carbonyl (C=O) groups is 2. The molecule has 12 heteroatoms. The number of halogens is 1. The molecule has 0 amide bonds. The van der Waals surface area contributed by atoms with E-state index in [1.54, 1.807) is 18.3 Å². The van der Waals surface area contributed by atoms with Gasteiger partial charge in [-0.3, -0.25) is 14.5 Å². The smallest absolute Gasteiger partial charge is 0.307 e. The first-order chi connectivity index (χ1) is 17.4. The van der Waals surface area contributed by atoms with Crippen LogP contribution in [-0.2, 0) is 19.1 Å². The van der Waals surface area contributed by atoms with E-state index in [0.29, 0.717) is 40.9 Å². The maximum Gasteiger partial charge on any atom is 0.307 e. The van der Waals surface area contributed by atoms with Crippen LogP contribution in [0.15, 0.2) is 36.8 Å². The van der Waals surface area contributed by atoms with E-state index in [9.17, 15) is 9.59 Å². The van der Waals surface area contributed by atoms with Crippen molar-refractivity contribution in [1.82, 2.24) is 24.8 Å². The molecule has 0 aliphatic carbocycles. The van der Waals surface area contributed by atoms with Crippen LogP contribution in [0.25, 0.3) is 11.0 Å². The van der Waals surface area contributed by atoms with Gasteiger partial charge in [-0.05, 0) is 31.0 Å². The molecule has 0 spiro atoms. The number of hydrogen-bond donors (Lipinski definition) is 2. The molecule has 0 saturated carbocycles. The lowest BCUT2D eigenvalue weighted by atomic mass is 10.00. The Hall–Kier alpha value is -3.57. The Morgan fingerprint density at radius 3 is 2.50 bits per heavy atom. The van der Waals surface area contributed by atoms with Gasteiger partial charge in [0.15, 0.2) is 5.82 Å². The molecule has 3 heterocycles. The van der Waals surface area contributed by atoms with Crippen LogP contribution >= 0.6 is 11.6 Å². The monoisotopic (exact) mass is 513 g/mol. The summed E-state index contributed by atoms with van der Waals surface area (Å²) in [6.45, 7) is 1.41. The Balaban J connectivity index is 1.42. The van der Waals surface area contributed by atoms with Crippen LogP contribution < -0.4 is 10.6 Å². The number of fused-ring (bicyclic) bond motifs is 1. The molecule has 0 radical (unpaired) electrons. The second kappa shape index (κ2) is 11.9. The fraction of sp³-hybridized carbons (Fsp3) is 0.417. The number of nitrogens with one attached hydrogen (secondary N) is 2. The third kappa shape index (κ3) is 6.55. The molecule has 0 unspecified atom stereocenters. The van der Waals surface area contributed by atoms with Crippen LogP contribution in [0.4, 0.5) is 17.5 Å². The number of ether oxygens (including phenoxy) is 2. The molecule has 0 bridgehead atoms. The number of esters is 2. The van der Waals surface area contributed by atoms with Gasteiger partial charge in [-0.2, -0.15) is 0 Å². The molecule has 1 fully saturated rings. The van der Waals surface area contributed by atoms with E-state index in [-0.39, 0.29) is 36.9 Å². The number of likely N-dealkylation sites (tertiary alicyclic amines) is 1. The number of piperidine rings is 1. The molecule has 3 aromatic rings. The quantitative estimate of drug-likeness (QED) is 0.409. The zero-order valence-corrected chi connectivity index (χ0v) is 20.9. The van der Waals surface area contributed by atoms with Gasteiger partial charge in [-0.15, -0.1) is 0 Å². The first-order valence-corrected chi connectivity index (χ1v) is 12.0. The molecule has 11 nitrogen and oxygen atoms in total. The topological polar surface area (TPSA) is 131 Å². The van der Waals surface area contributed by atoms with E-state index in [0.717, 1.165) is 18.5 Å². The van der Waals surface area contributed by atoms with Crippen molar-refractivity contribution in [2.45, 2.75) is 37.8 Å². The maximum absolute atomic E-state index is 11.9. The number of hydrogen-bond acceptors (Lipinski definition) is 11. The Morgan fingerprint density at radius 2 is 1.83 bits per heavy atom. The zero-order chi connectivity index (χ0) is 25.5. The highest BCUT2D eigenvalue weighted by molar-refractivity contribution is 6.30. The summed E-state index contributed by atoms with van der Waals surface area (Å²) in [7, 11) is 2.69. The van der Waals surface area contributed by atoms with Gasteiger partial charge < -0.3 is 20.1 Å². The number of anilines is 3. The fourth-order valence-electron chi connectivity index (χ4n) is 4.19. The SMILES string of the molecule is COC(=O)CC(CC(=O)OC)N1CCC(Nc2ncc3ncnc(Nc4cccc(Cl)c4)c3n2)CC1. The summed E-state index contributed by atoms with van der Waals surface area (Å²) in [4.78, 5) is 43.5. The van der Waals surface area contributed by atoms with E-state index >= 15 is 0 Å². The largest absolute Gasteiger partial charge is 0.469 e. The van der Waals surface area contributed by atoms with Crippen molar-refractivity contribution >= 4 is 52.0 Å². The van der Waals surface area contributed by atoms with Gasteiger partial charge in [0, 0.05) is 35.9 Å². The van der Waals surface area contributed by atoms with Crippen molar-refractivity contribution in [2.24, 2.45) is 0 Å². The number of nitrogens with zero attached hydrogens (tertiary/aromatic N) is 5. The molecule has 2 N–H and O–H groups in total. The van der Waals surface area contributed by atoms with Gasteiger partial charge >= 0.3 is 11.9 Å². The number of methoxy groups -OCH3 is 2. The van der Waals surface area contributed by atoms with Crippen molar-refractivity contribution < 1.29 is 19.1 Å².